The molecule has 1 N–H and O–H groups in total. The number of aryl methyl sites for hydroxylation is 1. The third kappa shape index (κ3) is 3.29. The number of carbonyl (C=O) groups excluding carboxylic acids is 1. The number of nitrogens with one attached hydrogen (secondary N) is 1. The molecule has 0 radical (unpaired) electrons. The van der Waals surface area contributed by atoms with E-state index in [1.165, 1.54) is 12.8 Å². The summed E-state index contributed by atoms with van der Waals surface area (Å²) in [4.78, 5) is 17.3. The third-order valence-electron chi connectivity index (χ3n) is 5.01. The van der Waals surface area contributed by atoms with Crippen LogP contribution in [0.5, 0.6) is 5.75 Å². The van der Waals surface area contributed by atoms with E-state index in [4.69, 9.17) is 4.74 Å². The van der Waals surface area contributed by atoms with Crippen LogP contribution < -0.4 is 10.1 Å². The lowest BCUT2D eigenvalue weighted by Gasteiger charge is -2.16. The molecule has 5 nitrogen and oxygen atoms in total. The molecule has 1 aliphatic rings. The van der Waals surface area contributed by atoms with E-state index in [0.29, 0.717) is 17.9 Å². The second kappa shape index (κ2) is 7.20. The first kappa shape index (κ1) is 16.6. The van der Waals surface area contributed by atoms with E-state index in [-0.39, 0.29) is 12.0 Å². The minimum atomic E-state index is -0.134. The van der Waals surface area contributed by atoms with Gasteiger partial charge in [-0.1, -0.05) is 24.3 Å². The summed E-state index contributed by atoms with van der Waals surface area (Å²) in [6.07, 6.45) is 4.76. The van der Waals surface area contributed by atoms with Gasteiger partial charge in [0.1, 0.15) is 11.6 Å². The van der Waals surface area contributed by atoms with Crippen molar-refractivity contribution in [3.05, 3.63) is 59.9 Å². The monoisotopic (exact) mass is 349 g/mol. The van der Waals surface area contributed by atoms with Gasteiger partial charge in [0.15, 0.2) is 0 Å². The minimum absolute atomic E-state index is 0.134. The number of nitrogens with zero attached hydrogens (tertiary/aromatic N) is 2. The standard InChI is InChI=1S/C21H23N3O2/c1-24-18-12-6-5-11-17(18)23-20(24)14-22-21(25)16-10-4-7-13-19(16)26-15-8-2-3-9-15/h4-7,10-13,15H,2-3,8-9,14H2,1H3,(H,22,25). The van der Waals surface area contributed by atoms with Crippen LogP contribution in [0.4, 0.5) is 0 Å². The number of carbonyl (C=O) groups is 1. The number of hydrogen-bond acceptors (Lipinski definition) is 3. The van der Waals surface area contributed by atoms with Gasteiger partial charge in [-0.2, -0.15) is 0 Å². The molecule has 0 bridgehead atoms. The van der Waals surface area contributed by atoms with E-state index < -0.39 is 0 Å². The van der Waals surface area contributed by atoms with E-state index in [2.05, 4.69) is 10.3 Å². The number of ether oxygens (including phenoxy) is 1. The Labute approximate surface area is 153 Å². The van der Waals surface area contributed by atoms with E-state index in [9.17, 15) is 4.79 Å². The molecule has 134 valence electrons. The summed E-state index contributed by atoms with van der Waals surface area (Å²) < 4.78 is 8.08. The van der Waals surface area contributed by atoms with Crippen LogP contribution in [0.25, 0.3) is 11.0 Å². The van der Waals surface area contributed by atoms with Gasteiger partial charge in [0.05, 0.1) is 29.2 Å². The van der Waals surface area contributed by atoms with Gasteiger partial charge in [0.25, 0.3) is 5.91 Å². The largest absolute Gasteiger partial charge is 0.490 e. The summed E-state index contributed by atoms with van der Waals surface area (Å²) in [5.74, 6) is 1.36. The lowest BCUT2D eigenvalue weighted by molar-refractivity contribution is 0.0942. The Morgan fingerprint density at radius 1 is 1.15 bits per heavy atom. The van der Waals surface area contributed by atoms with E-state index in [1.54, 1.807) is 0 Å². The van der Waals surface area contributed by atoms with Gasteiger partial charge < -0.3 is 14.6 Å². The number of amides is 1. The first-order chi connectivity index (χ1) is 12.7. The zero-order chi connectivity index (χ0) is 17.9. The average molecular weight is 349 g/mol. The topological polar surface area (TPSA) is 56.2 Å². The third-order valence-corrected chi connectivity index (χ3v) is 5.01. The average Bonchev–Trinajstić information content (AvgIpc) is 3.29. The molecule has 1 heterocycles. The molecule has 0 unspecified atom stereocenters. The number of benzene rings is 2. The Hall–Kier alpha value is -2.82. The molecule has 2 aromatic carbocycles. The molecule has 5 heteroatoms. The van der Waals surface area contributed by atoms with Crippen LogP contribution in [0.2, 0.25) is 0 Å². The maximum Gasteiger partial charge on any atom is 0.255 e. The second-order valence-corrected chi connectivity index (χ2v) is 6.78. The molecule has 4 rings (SSSR count). The predicted molar refractivity (Wildman–Crippen MR) is 101 cm³/mol. The summed E-state index contributed by atoms with van der Waals surface area (Å²) in [6, 6.07) is 15.4. The number of hydrogen-bond donors (Lipinski definition) is 1. The molecule has 3 aromatic rings. The Morgan fingerprint density at radius 3 is 2.69 bits per heavy atom. The van der Waals surface area contributed by atoms with Gasteiger partial charge in [-0.3, -0.25) is 4.79 Å². The van der Waals surface area contributed by atoms with Crippen molar-refractivity contribution in [2.75, 3.05) is 0 Å². The Morgan fingerprint density at radius 2 is 1.88 bits per heavy atom. The smallest absolute Gasteiger partial charge is 0.255 e. The van der Waals surface area contributed by atoms with Crippen LogP contribution in [0.3, 0.4) is 0 Å². The summed E-state index contributed by atoms with van der Waals surface area (Å²) in [5.41, 5.74) is 2.57. The lowest BCUT2D eigenvalue weighted by atomic mass is 10.2. The maximum absolute atomic E-state index is 12.7. The van der Waals surface area contributed by atoms with Crippen molar-refractivity contribution in [2.45, 2.75) is 38.3 Å². The fourth-order valence-corrected chi connectivity index (χ4v) is 3.55. The van der Waals surface area contributed by atoms with Crippen molar-refractivity contribution >= 4 is 16.9 Å². The molecule has 1 amide bonds. The molecule has 0 spiro atoms. The molecule has 1 aromatic heterocycles. The first-order valence-electron chi connectivity index (χ1n) is 9.16. The van der Waals surface area contributed by atoms with Crippen LogP contribution in [-0.4, -0.2) is 21.6 Å². The number of imidazole rings is 1. The van der Waals surface area contributed by atoms with Crippen molar-refractivity contribution in [1.29, 1.82) is 0 Å². The highest BCUT2D eigenvalue weighted by molar-refractivity contribution is 5.96. The summed E-state index contributed by atoms with van der Waals surface area (Å²) in [5, 5.41) is 2.98. The van der Waals surface area contributed by atoms with E-state index in [1.807, 2.05) is 60.1 Å². The van der Waals surface area contributed by atoms with Gasteiger partial charge in [-0.05, 0) is 49.9 Å². The zero-order valence-electron chi connectivity index (χ0n) is 14.9. The molecule has 1 saturated carbocycles. The van der Waals surface area contributed by atoms with E-state index in [0.717, 1.165) is 29.7 Å². The molecule has 26 heavy (non-hydrogen) atoms. The number of para-hydroxylation sites is 3. The normalized spacial score (nSPS) is 14.7. The Balaban J connectivity index is 1.48. The molecule has 0 aliphatic heterocycles. The summed E-state index contributed by atoms with van der Waals surface area (Å²) >= 11 is 0. The number of fused-ring (bicyclic) bond motifs is 1. The van der Waals surface area contributed by atoms with Crippen molar-refractivity contribution < 1.29 is 9.53 Å². The van der Waals surface area contributed by atoms with Crippen molar-refractivity contribution in [3.63, 3.8) is 0 Å². The molecule has 1 aliphatic carbocycles. The van der Waals surface area contributed by atoms with Gasteiger partial charge in [0.2, 0.25) is 0 Å². The highest BCUT2D eigenvalue weighted by Gasteiger charge is 2.20. The van der Waals surface area contributed by atoms with Crippen LogP contribution in [0.15, 0.2) is 48.5 Å². The maximum atomic E-state index is 12.7. The predicted octanol–water partition coefficient (Wildman–Crippen LogP) is 3.82. The zero-order valence-corrected chi connectivity index (χ0v) is 14.9. The number of rotatable bonds is 5. The molecule has 0 saturated heterocycles. The highest BCUT2D eigenvalue weighted by Crippen LogP contribution is 2.26. The van der Waals surface area contributed by atoms with E-state index >= 15 is 0 Å². The van der Waals surface area contributed by atoms with Crippen LogP contribution in [0, 0.1) is 0 Å². The van der Waals surface area contributed by atoms with Crippen LogP contribution in [0.1, 0.15) is 41.9 Å². The first-order valence-corrected chi connectivity index (χ1v) is 9.16. The second-order valence-electron chi connectivity index (χ2n) is 6.78. The van der Waals surface area contributed by atoms with Crippen LogP contribution in [-0.2, 0) is 13.6 Å². The lowest BCUT2D eigenvalue weighted by Crippen LogP contribution is -2.25. The molecule has 1 fully saturated rings. The highest BCUT2D eigenvalue weighted by atomic mass is 16.5. The molecular formula is C21H23N3O2. The SMILES string of the molecule is Cn1c(CNC(=O)c2ccccc2OC2CCCC2)nc2ccccc21. The Kier molecular flexibility index (Phi) is 4.61. The van der Waals surface area contributed by atoms with Gasteiger partial charge in [0, 0.05) is 7.05 Å². The van der Waals surface area contributed by atoms with Gasteiger partial charge in [-0.15, -0.1) is 0 Å². The number of aromatic nitrogens is 2. The van der Waals surface area contributed by atoms with Crippen LogP contribution >= 0.6 is 0 Å². The fourth-order valence-electron chi connectivity index (χ4n) is 3.55. The summed E-state index contributed by atoms with van der Waals surface area (Å²) in [6.45, 7) is 0.377. The quantitative estimate of drug-likeness (QED) is 0.762. The molecule has 0 atom stereocenters. The summed E-state index contributed by atoms with van der Waals surface area (Å²) in [7, 11) is 1.97. The fraction of sp³-hybridized carbons (Fsp3) is 0.333. The van der Waals surface area contributed by atoms with Crippen molar-refractivity contribution in [3.8, 4) is 5.75 Å². The Bertz CT molecular complexity index is 926. The minimum Gasteiger partial charge on any atom is -0.490 e. The van der Waals surface area contributed by atoms with Gasteiger partial charge in [-0.25, -0.2) is 4.98 Å². The van der Waals surface area contributed by atoms with Gasteiger partial charge >= 0.3 is 0 Å². The van der Waals surface area contributed by atoms with Crippen molar-refractivity contribution in [2.24, 2.45) is 7.05 Å². The van der Waals surface area contributed by atoms with Crippen molar-refractivity contribution in [1.82, 2.24) is 14.9 Å². The molecular weight excluding hydrogens is 326 g/mol.